The van der Waals surface area contributed by atoms with Gasteiger partial charge >= 0.3 is 0 Å². The number of rotatable bonds is 5. The predicted octanol–water partition coefficient (Wildman–Crippen LogP) is 4.73. The van der Waals surface area contributed by atoms with Gasteiger partial charge in [-0.05, 0) is 36.2 Å². The summed E-state index contributed by atoms with van der Waals surface area (Å²) >= 11 is 0. The third-order valence-corrected chi connectivity index (χ3v) is 6.02. The first kappa shape index (κ1) is 29.1. The van der Waals surface area contributed by atoms with Crippen molar-refractivity contribution in [2.75, 3.05) is 32.0 Å². The Labute approximate surface area is 229 Å². The van der Waals surface area contributed by atoms with Crippen LogP contribution in [0.25, 0.3) is 28.0 Å². The lowest BCUT2D eigenvalue weighted by molar-refractivity contribution is 0.0300. The fourth-order valence-electron chi connectivity index (χ4n) is 4.14. The molecule has 1 aliphatic rings. The topological polar surface area (TPSA) is 124 Å². The highest BCUT2D eigenvalue weighted by atomic mass is 16.5. The number of carbonyl (C=O) groups is 1. The Morgan fingerprint density at radius 1 is 1.23 bits per heavy atom. The van der Waals surface area contributed by atoms with Gasteiger partial charge in [-0.15, -0.1) is 0 Å². The van der Waals surface area contributed by atoms with Crippen LogP contribution in [0.4, 0.5) is 11.5 Å². The summed E-state index contributed by atoms with van der Waals surface area (Å²) < 4.78 is 7.16. The van der Waals surface area contributed by atoms with Crippen molar-refractivity contribution in [3.8, 4) is 11.1 Å². The van der Waals surface area contributed by atoms with Gasteiger partial charge in [0.1, 0.15) is 17.7 Å². The van der Waals surface area contributed by atoms with Crippen molar-refractivity contribution in [2.45, 2.75) is 27.2 Å². The molecule has 3 aromatic heterocycles. The molecule has 5 rings (SSSR count). The first-order valence-corrected chi connectivity index (χ1v) is 12.9. The molecule has 39 heavy (non-hydrogen) atoms. The van der Waals surface area contributed by atoms with Gasteiger partial charge in [0.2, 0.25) is 0 Å². The van der Waals surface area contributed by atoms with E-state index < -0.39 is 0 Å². The average molecular weight is 529 g/mol. The third kappa shape index (κ3) is 6.71. The second-order valence-corrected chi connectivity index (χ2v) is 8.38. The molecule has 0 spiro atoms. The number of carbonyl (C=O) groups excluding carboxylic acids is 1. The lowest BCUT2D eigenvalue weighted by atomic mass is 9.97. The highest BCUT2D eigenvalue weighted by Gasteiger charge is 2.24. The number of aromatic nitrogens is 5. The SMILES string of the molecule is C=Cc1ncnc(N)c1N=C.CC.CCc1cc2cccc(-c3cnn(C)c3)c2c(C(=O)N2CCOCC2)n1. The van der Waals surface area contributed by atoms with Gasteiger partial charge in [0.05, 0.1) is 25.1 Å². The number of nitrogens with zero attached hydrogens (tertiary/aromatic N) is 7. The molecule has 10 nitrogen and oxygen atoms in total. The molecule has 0 bridgehead atoms. The van der Waals surface area contributed by atoms with Crippen LogP contribution in [0.3, 0.4) is 0 Å². The van der Waals surface area contributed by atoms with E-state index in [1.54, 1.807) is 10.8 Å². The number of aliphatic imine (C=N–C) groups is 1. The van der Waals surface area contributed by atoms with Gasteiger partial charge in [0.25, 0.3) is 5.91 Å². The van der Waals surface area contributed by atoms with E-state index in [-0.39, 0.29) is 5.91 Å². The molecule has 1 amide bonds. The number of ether oxygens (including phenoxy) is 1. The molecule has 0 aliphatic carbocycles. The van der Waals surface area contributed by atoms with Crippen molar-refractivity contribution in [1.29, 1.82) is 0 Å². The zero-order chi connectivity index (χ0) is 28.4. The van der Waals surface area contributed by atoms with Crippen LogP contribution in [0.5, 0.6) is 0 Å². The minimum atomic E-state index is -0.0232. The van der Waals surface area contributed by atoms with Crippen molar-refractivity contribution < 1.29 is 9.53 Å². The number of fused-ring (bicyclic) bond motifs is 1. The minimum Gasteiger partial charge on any atom is -0.382 e. The zero-order valence-electron chi connectivity index (χ0n) is 23.1. The van der Waals surface area contributed by atoms with Gasteiger partial charge in [0.15, 0.2) is 5.82 Å². The maximum Gasteiger partial charge on any atom is 0.273 e. The molecule has 0 radical (unpaired) electrons. The van der Waals surface area contributed by atoms with Crippen LogP contribution in [0.2, 0.25) is 0 Å². The van der Waals surface area contributed by atoms with Gasteiger partial charge in [0, 0.05) is 43.0 Å². The van der Waals surface area contributed by atoms with E-state index in [9.17, 15) is 4.79 Å². The molecule has 1 aromatic carbocycles. The maximum absolute atomic E-state index is 13.3. The smallest absolute Gasteiger partial charge is 0.273 e. The number of nitrogens with two attached hydrogens (primary N) is 1. The Hall–Kier alpha value is -4.44. The minimum absolute atomic E-state index is 0.0232. The van der Waals surface area contributed by atoms with Crippen LogP contribution >= 0.6 is 0 Å². The standard InChI is InChI=1S/C20H22N4O2.C7H8N4.C2H6/c1-3-16-11-14-5-4-6-17(15-12-21-23(2)13-15)18(14)19(22-16)20(25)24-7-9-26-10-8-24;1-3-5-6(9-2)7(8)11-4-10-5;1-2/h4-6,11-13H,3,7-10H2,1-2H3;3-4H,1-2H2,(H2,8,10,11);1-2H3. The summed E-state index contributed by atoms with van der Waals surface area (Å²) in [6.07, 6.45) is 7.50. The molecule has 1 saturated heterocycles. The van der Waals surface area contributed by atoms with Gasteiger partial charge in [-0.2, -0.15) is 5.10 Å². The molecular weight excluding hydrogens is 492 g/mol. The number of aryl methyl sites for hydroxylation is 2. The van der Waals surface area contributed by atoms with Crippen LogP contribution in [0, 0.1) is 0 Å². The van der Waals surface area contributed by atoms with E-state index in [1.165, 1.54) is 6.33 Å². The number of benzene rings is 1. The largest absolute Gasteiger partial charge is 0.382 e. The van der Waals surface area contributed by atoms with Crippen LogP contribution in [-0.4, -0.2) is 68.6 Å². The molecule has 1 aliphatic heterocycles. The summed E-state index contributed by atoms with van der Waals surface area (Å²) in [5, 5.41) is 6.22. The summed E-state index contributed by atoms with van der Waals surface area (Å²) in [7, 11) is 1.89. The second kappa shape index (κ2) is 13.9. The van der Waals surface area contributed by atoms with E-state index in [0.29, 0.717) is 49.2 Å². The van der Waals surface area contributed by atoms with E-state index in [2.05, 4.69) is 46.3 Å². The predicted molar refractivity (Wildman–Crippen MR) is 157 cm³/mol. The maximum atomic E-state index is 13.3. The van der Waals surface area contributed by atoms with Crippen molar-refractivity contribution in [2.24, 2.45) is 12.0 Å². The van der Waals surface area contributed by atoms with Crippen molar-refractivity contribution >= 4 is 41.0 Å². The summed E-state index contributed by atoms with van der Waals surface area (Å²) in [6, 6.07) is 8.17. The lowest BCUT2D eigenvalue weighted by Gasteiger charge is -2.27. The second-order valence-electron chi connectivity index (χ2n) is 8.38. The average Bonchev–Trinajstić information content (AvgIpc) is 3.43. The van der Waals surface area contributed by atoms with Crippen molar-refractivity contribution in [1.82, 2.24) is 29.6 Å². The number of hydrogen-bond donors (Lipinski definition) is 1. The van der Waals surface area contributed by atoms with E-state index in [1.807, 2.05) is 56.4 Å². The zero-order valence-corrected chi connectivity index (χ0v) is 23.1. The number of nitrogen functional groups attached to an aromatic ring is 1. The first-order chi connectivity index (χ1) is 19.0. The lowest BCUT2D eigenvalue weighted by Crippen LogP contribution is -2.41. The molecule has 204 valence electrons. The molecule has 4 aromatic rings. The summed E-state index contributed by atoms with van der Waals surface area (Å²) in [5.41, 5.74) is 10.00. The van der Waals surface area contributed by atoms with Gasteiger partial charge in [-0.1, -0.05) is 45.5 Å². The molecular formula is C29H36N8O2. The quantitative estimate of drug-likeness (QED) is 0.371. The van der Waals surface area contributed by atoms with Crippen LogP contribution in [-0.2, 0) is 18.2 Å². The van der Waals surface area contributed by atoms with E-state index in [4.69, 9.17) is 15.5 Å². The van der Waals surface area contributed by atoms with Gasteiger partial charge < -0.3 is 15.4 Å². The van der Waals surface area contributed by atoms with Crippen LogP contribution < -0.4 is 5.73 Å². The van der Waals surface area contributed by atoms with Crippen molar-refractivity contribution in [3.05, 3.63) is 66.6 Å². The number of morpholine rings is 1. The number of pyridine rings is 1. The van der Waals surface area contributed by atoms with Crippen molar-refractivity contribution in [3.63, 3.8) is 0 Å². The summed E-state index contributed by atoms with van der Waals surface area (Å²) in [4.78, 5) is 31.1. The Balaban J connectivity index is 0.000000272. The third-order valence-electron chi connectivity index (χ3n) is 6.02. The fourth-order valence-corrected chi connectivity index (χ4v) is 4.14. The van der Waals surface area contributed by atoms with Gasteiger partial charge in [-0.3, -0.25) is 14.5 Å². The molecule has 10 heteroatoms. The Morgan fingerprint density at radius 2 is 1.97 bits per heavy atom. The Kier molecular flexibility index (Phi) is 10.4. The number of amides is 1. The number of hydrogen-bond acceptors (Lipinski definition) is 8. The Bertz CT molecular complexity index is 1440. The highest BCUT2D eigenvalue weighted by Crippen LogP contribution is 2.32. The molecule has 2 N–H and O–H groups in total. The summed E-state index contributed by atoms with van der Waals surface area (Å²) in [5.74, 6) is 0.301. The highest BCUT2D eigenvalue weighted by molar-refractivity contribution is 6.11. The first-order valence-electron chi connectivity index (χ1n) is 12.9. The van der Waals surface area contributed by atoms with E-state index in [0.717, 1.165) is 34.0 Å². The van der Waals surface area contributed by atoms with E-state index >= 15 is 0 Å². The molecule has 0 atom stereocenters. The monoisotopic (exact) mass is 528 g/mol. The summed E-state index contributed by atoms with van der Waals surface area (Å²) in [6.45, 7) is 15.3. The molecule has 1 fully saturated rings. The fraction of sp³-hybridized carbons (Fsp3) is 0.310. The Morgan fingerprint density at radius 3 is 2.56 bits per heavy atom. The normalized spacial score (nSPS) is 12.6. The molecule has 0 saturated carbocycles. The molecule has 0 unspecified atom stereocenters. The van der Waals surface area contributed by atoms with Gasteiger partial charge in [-0.25, -0.2) is 15.0 Å². The number of anilines is 1. The molecule has 4 heterocycles. The van der Waals surface area contributed by atoms with Crippen LogP contribution in [0.1, 0.15) is 42.6 Å². The van der Waals surface area contributed by atoms with Crippen LogP contribution in [0.15, 0.2) is 54.6 Å².